The molecule has 0 saturated carbocycles. The molecule has 3 atom stereocenters. The summed E-state index contributed by atoms with van der Waals surface area (Å²) in [6.45, 7) is 6.05. The Bertz CT molecular complexity index is 285. The molecule has 0 aromatic rings. The van der Waals surface area contributed by atoms with Crippen LogP contribution >= 0.6 is 0 Å². The molecular formula is C11H18N2O2. The van der Waals surface area contributed by atoms with Crippen molar-refractivity contribution in [1.82, 2.24) is 5.32 Å². The van der Waals surface area contributed by atoms with E-state index in [4.69, 9.17) is 10.00 Å². The third-order valence-corrected chi connectivity index (χ3v) is 2.92. The Kier molecular flexibility index (Phi) is 3.70. The van der Waals surface area contributed by atoms with E-state index in [2.05, 4.69) is 11.4 Å². The number of nitrogens with one attached hydrogen (secondary N) is 1. The maximum atomic E-state index is 11.8. The van der Waals surface area contributed by atoms with Crippen molar-refractivity contribution in [1.29, 1.82) is 5.26 Å². The molecule has 1 aliphatic heterocycles. The van der Waals surface area contributed by atoms with Gasteiger partial charge in [-0.2, -0.15) is 5.26 Å². The van der Waals surface area contributed by atoms with Crippen molar-refractivity contribution < 1.29 is 9.53 Å². The van der Waals surface area contributed by atoms with E-state index in [1.807, 2.05) is 13.8 Å². The van der Waals surface area contributed by atoms with E-state index in [-0.39, 0.29) is 17.9 Å². The number of ether oxygens (including phenoxy) is 1. The first-order valence-electron chi connectivity index (χ1n) is 5.35. The molecule has 3 unspecified atom stereocenters. The first-order valence-corrected chi connectivity index (χ1v) is 5.35. The fraction of sp³-hybridized carbons (Fsp3) is 0.818. The molecule has 0 bridgehead atoms. The lowest BCUT2D eigenvalue weighted by Gasteiger charge is -2.22. The molecule has 15 heavy (non-hydrogen) atoms. The number of hydrogen-bond donors (Lipinski definition) is 1. The van der Waals surface area contributed by atoms with Crippen molar-refractivity contribution in [3.05, 3.63) is 0 Å². The number of rotatable bonds is 3. The van der Waals surface area contributed by atoms with Crippen LogP contribution in [-0.2, 0) is 9.53 Å². The fourth-order valence-corrected chi connectivity index (χ4v) is 1.57. The van der Waals surface area contributed by atoms with Crippen LogP contribution in [0.3, 0.4) is 0 Å². The van der Waals surface area contributed by atoms with Gasteiger partial charge >= 0.3 is 0 Å². The lowest BCUT2D eigenvalue weighted by Crippen LogP contribution is -2.47. The third-order valence-electron chi connectivity index (χ3n) is 2.92. The van der Waals surface area contributed by atoms with Crippen molar-refractivity contribution in [3.63, 3.8) is 0 Å². The highest BCUT2D eigenvalue weighted by molar-refractivity contribution is 5.80. The maximum Gasteiger partial charge on any atom is 0.226 e. The quantitative estimate of drug-likeness (QED) is 0.761. The molecule has 1 rings (SSSR count). The number of amides is 1. The van der Waals surface area contributed by atoms with Crippen LogP contribution in [0.1, 0.15) is 33.6 Å². The zero-order valence-corrected chi connectivity index (χ0v) is 9.54. The predicted molar refractivity (Wildman–Crippen MR) is 56.0 cm³/mol. The lowest BCUT2D eigenvalue weighted by atomic mass is 9.98. The van der Waals surface area contributed by atoms with E-state index in [1.165, 1.54) is 0 Å². The minimum atomic E-state index is -0.747. The second-order valence-corrected chi connectivity index (χ2v) is 4.36. The summed E-state index contributed by atoms with van der Waals surface area (Å²) in [6.07, 6.45) is 1.51. The van der Waals surface area contributed by atoms with Crippen LogP contribution in [0.5, 0.6) is 0 Å². The Labute approximate surface area is 90.6 Å². The van der Waals surface area contributed by atoms with Crippen LogP contribution < -0.4 is 5.32 Å². The van der Waals surface area contributed by atoms with Gasteiger partial charge in [0.15, 0.2) is 0 Å². The van der Waals surface area contributed by atoms with Crippen molar-refractivity contribution in [3.8, 4) is 6.07 Å². The van der Waals surface area contributed by atoms with E-state index >= 15 is 0 Å². The Morgan fingerprint density at radius 1 is 1.73 bits per heavy atom. The van der Waals surface area contributed by atoms with Crippen LogP contribution in [0.15, 0.2) is 0 Å². The highest BCUT2D eigenvalue weighted by Gasteiger charge is 2.32. The molecular weight excluding hydrogens is 192 g/mol. The summed E-state index contributed by atoms with van der Waals surface area (Å²) < 4.78 is 5.32. The highest BCUT2D eigenvalue weighted by Crippen LogP contribution is 2.20. The van der Waals surface area contributed by atoms with Gasteiger partial charge in [0.1, 0.15) is 5.54 Å². The molecule has 0 spiro atoms. The minimum Gasteiger partial charge on any atom is -0.378 e. The molecule has 1 amide bonds. The van der Waals surface area contributed by atoms with Crippen molar-refractivity contribution in [2.24, 2.45) is 5.92 Å². The van der Waals surface area contributed by atoms with Crippen LogP contribution in [0, 0.1) is 17.2 Å². The van der Waals surface area contributed by atoms with Crippen LogP contribution in [0.4, 0.5) is 0 Å². The summed E-state index contributed by atoms with van der Waals surface area (Å²) in [5.74, 6) is -0.163. The van der Waals surface area contributed by atoms with E-state index in [0.717, 1.165) is 6.42 Å². The highest BCUT2D eigenvalue weighted by atomic mass is 16.5. The van der Waals surface area contributed by atoms with Crippen LogP contribution in [0.2, 0.25) is 0 Å². The van der Waals surface area contributed by atoms with Crippen LogP contribution in [0.25, 0.3) is 0 Å². The monoisotopic (exact) mass is 210 g/mol. The summed E-state index contributed by atoms with van der Waals surface area (Å²) >= 11 is 0. The molecule has 1 heterocycles. The first kappa shape index (κ1) is 12.0. The van der Waals surface area contributed by atoms with Gasteiger partial charge in [-0.05, 0) is 26.7 Å². The molecule has 0 aromatic carbocycles. The van der Waals surface area contributed by atoms with E-state index in [0.29, 0.717) is 13.0 Å². The molecule has 1 saturated heterocycles. The fourth-order valence-electron chi connectivity index (χ4n) is 1.57. The average molecular weight is 210 g/mol. The molecule has 0 aromatic heterocycles. The normalized spacial score (nSPS) is 29.2. The zero-order valence-electron chi connectivity index (χ0n) is 9.54. The number of carbonyl (C=O) groups excluding carboxylic acids is 1. The lowest BCUT2D eigenvalue weighted by molar-refractivity contribution is -0.126. The molecule has 4 nitrogen and oxygen atoms in total. The molecule has 1 N–H and O–H groups in total. The van der Waals surface area contributed by atoms with E-state index in [9.17, 15) is 4.79 Å². The standard InChI is InChI=1S/C11H18N2O2/c1-4-11(3,7-12)13-10(14)9-5-8(2)15-6-9/h8-9H,4-6H2,1-3H3,(H,13,14). The Morgan fingerprint density at radius 3 is 2.80 bits per heavy atom. The summed E-state index contributed by atoms with van der Waals surface area (Å²) in [6, 6.07) is 2.12. The van der Waals surface area contributed by atoms with Crippen molar-refractivity contribution >= 4 is 5.91 Å². The van der Waals surface area contributed by atoms with Gasteiger partial charge in [-0.25, -0.2) is 0 Å². The van der Waals surface area contributed by atoms with Gasteiger partial charge in [-0.1, -0.05) is 6.92 Å². The average Bonchev–Trinajstić information content (AvgIpc) is 2.65. The van der Waals surface area contributed by atoms with Gasteiger partial charge in [0.05, 0.1) is 24.7 Å². The topological polar surface area (TPSA) is 62.1 Å². The molecule has 1 aliphatic rings. The van der Waals surface area contributed by atoms with Crippen LogP contribution in [-0.4, -0.2) is 24.2 Å². The molecule has 1 fully saturated rings. The van der Waals surface area contributed by atoms with Crippen molar-refractivity contribution in [2.45, 2.75) is 45.3 Å². The molecule has 0 aliphatic carbocycles. The smallest absolute Gasteiger partial charge is 0.226 e. The Morgan fingerprint density at radius 2 is 2.40 bits per heavy atom. The summed E-state index contributed by atoms with van der Waals surface area (Å²) in [5.41, 5.74) is -0.747. The van der Waals surface area contributed by atoms with Gasteiger partial charge in [0.2, 0.25) is 5.91 Å². The first-order chi connectivity index (χ1) is 7.00. The maximum absolute atomic E-state index is 11.8. The van der Waals surface area contributed by atoms with E-state index < -0.39 is 5.54 Å². The number of nitrogens with zero attached hydrogens (tertiary/aromatic N) is 1. The number of hydrogen-bond acceptors (Lipinski definition) is 3. The van der Waals surface area contributed by atoms with Gasteiger partial charge in [-0.3, -0.25) is 4.79 Å². The molecule has 0 radical (unpaired) electrons. The summed E-state index contributed by atoms with van der Waals surface area (Å²) in [7, 11) is 0. The zero-order chi connectivity index (χ0) is 11.5. The van der Waals surface area contributed by atoms with Gasteiger partial charge < -0.3 is 10.1 Å². The minimum absolute atomic E-state index is 0.0646. The largest absolute Gasteiger partial charge is 0.378 e. The van der Waals surface area contributed by atoms with E-state index in [1.54, 1.807) is 6.92 Å². The number of carbonyl (C=O) groups is 1. The predicted octanol–water partition coefficient (Wildman–Crippen LogP) is 1.22. The molecule has 84 valence electrons. The molecule has 4 heteroatoms. The van der Waals surface area contributed by atoms with Crippen molar-refractivity contribution in [2.75, 3.05) is 6.61 Å². The SMILES string of the molecule is CCC(C)(C#N)NC(=O)C1COC(C)C1. The van der Waals surface area contributed by atoms with Gasteiger partial charge in [0.25, 0.3) is 0 Å². The second-order valence-electron chi connectivity index (χ2n) is 4.36. The summed E-state index contributed by atoms with van der Waals surface area (Å²) in [5, 5.41) is 11.7. The van der Waals surface area contributed by atoms with Gasteiger partial charge in [-0.15, -0.1) is 0 Å². The summed E-state index contributed by atoms with van der Waals surface area (Å²) in [4.78, 5) is 11.8. The Hall–Kier alpha value is -1.08. The number of nitriles is 1. The second kappa shape index (κ2) is 4.63. The Balaban J connectivity index is 2.52. The third kappa shape index (κ3) is 2.93. The van der Waals surface area contributed by atoms with Gasteiger partial charge in [0, 0.05) is 0 Å².